The average molecular weight is 193 g/mol. The van der Waals surface area contributed by atoms with E-state index in [1.165, 1.54) is 0 Å². The summed E-state index contributed by atoms with van der Waals surface area (Å²) in [4.78, 5) is 10.9. The number of aryl methyl sites for hydroxylation is 1. The lowest BCUT2D eigenvalue weighted by molar-refractivity contribution is 0.0695. The van der Waals surface area contributed by atoms with Crippen molar-refractivity contribution < 1.29 is 9.90 Å². The van der Waals surface area contributed by atoms with Gasteiger partial charge in [-0.1, -0.05) is 13.3 Å². The molecule has 0 spiro atoms. The van der Waals surface area contributed by atoms with Gasteiger partial charge in [0.25, 0.3) is 0 Å². The third kappa shape index (κ3) is 2.25. The Kier molecular flexibility index (Phi) is 3.51. The Bertz CT molecular complexity index is 334. The molecule has 0 aliphatic rings. The molecule has 0 saturated carbocycles. The second-order valence-electron chi connectivity index (χ2n) is 3.18. The van der Waals surface area contributed by atoms with Crippen molar-refractivity contribution in [2.24, 2.45) is 0 Å². The maximum atomic E-state index is 10.9. The predicted octanol–water partition coefficient (Wildman–Crippen LogP) is 2.38. The molecule has 0 bridgehead atoms. The maximum Gasteiger partial charge on any atom is 0.335 e. The zero-order valence-corrected chi connectivity index (χ0v) is 8.50. The van der Waals surface area contributed by atoms with E-state index in [2.05, 4.69) is 5.32 Å². The molecule has 0 aliphatic carbocycles. The number of rotatable bonds is 4. The van der Waals surface area contributed by atoms with Crippen LogP contribution in [-0.4, -0.2) is 18.1 Å². The zero-order valence-electron chi connectivity index (χ0n) is 8.50. The largest absolute Gasteiger partial charge is 0.478 e. The number of benzene rings is 1. The molecule has 0 unspecified atom stereocenters. The molecule has 0 aromatic heterocycles. The van der Waals surface area contributed by atoms with Crippen molar-refractivity contribution in [3.05, 3.63) is 29.3 Å². The third-order valence-corrected chi connectivity index (χ3v) is 2.14. The molecule has 0 saturated heterocycles. The number of hydrogen-bond acceptors (Lipinski definition) is 2. The molecule has 3 nitrogen and oxygen atoms in total. The Morgan fingerprint density at radius 3 is 2.71 bits per heavy atom. The van der Waals surface area contributed by atoms with E-state index in [0.717, 1.165) is 24.1 Å². The molecule has 76 valence electrons. The molecule has 0 fully saturated rings. The van der Waals surface area contributed by atoms with Crippen molar-refractivity contribution >= 4 is 11.7 Å². The maximum absolute atomic E-state index is 10.9. The molecule has 1 rings (SSSR count). The summed E-state index contributed by atoms with van der Waals surface area (Å²) >= 11 is 0. The molecular weight excluding hydrogens is 178 g/mol. The van der Waals surface area contributed by atoms with Gasteiger partial charge in [0, 0.05) is 12.7 Å². The van der Waals surface area contributed by atoms with Gasteiger partial charge in [0.2, 0.25) is 0 Å². The van der Waals surface area contributed by atoms with Crippen molar-refractivity contribution in [2.45, 2.75) is 19.8 Å². The Balaban J connectivity index is 3.10. The lowest BCUT2D eigenvalue weighted by atomic mass is 10.0. The number of anilines is 1. The second-order valence-corrected chi connectivity index (χ2v) is 3.18. The van der Waals surface area contributed by atoms with E-state index in [1.807, 2.05) is 20.0 Å². The van der Waals surface area contributed by atoms with E-state index in [4.69, 9.17) is 5.11 Å². The number of hydrogen-bond donors (Lipinski definition) is 2. The van der Waals surface area contributed by atoms with Crippen LogP contribution in [0.3, 0.4) is 0 Å². The van der Waals surface area contributed by atoms with E-state index in [0.29, 0.717) is 5.56 Å². The first-order valence-corrected chi connectivity index (χ1v) is 4.73. The van der Waals surface area contributed by atoms with Gasteiger partial charge in [-0.2, -0.15) is 0 Å². The first kappa shape index (κ1) is 10.6. The topological polar surface area (TPSA) is 49.3 Å². The van der Waals surface area contributed by atoms with Crippen LogP contribution < -0.4 is 5.32 Å². The minimum atomic E-state index is -0.851. The smallest absolute Gasteiger partial charge is 0.335 e. The van der Waals surface area contributed by atoms with Crippen molar-refractivity contribution in [1.29, 1.82) is 0 Å². The highest BCUT2D eigenvalue weighted by molar-refractivity contribution is 5.90. The molecule has 0 radical (unpaired) electrons. The van der Waals surface area contributed by atoms with Crippen molar-refractivity contribution in [3.8, 4) is 0 Å². The van der Waals surface area contributed by atoms with Crippen molar-refractivity contribution in [2.75, 3.05) is 12.4 Å². The molecule has 0 amide bonds. The minimum absolute atomic E-state index is 0.408. The zero-order chi connectivity index (χ0) is 10.6. The molecule has 0 atom stereocenters. The quantitative estimate of drug-likeness (QED) is 0.771. The van der Waals surface area contributed by atoms with E-state index in [1.54, 1.807) is 12.1 Å². The normalized spacial score (nSPS) is 9.86. The predicted molar refractivity (Wildman–Crippen MR) is 56.9 cm³/mol. The lowest BCUT2D eigenvalue weighted by Crippen LogP contribution is -2.03. The fraction of sp³-hybridized carbons (Fsp3) is 0.364. The van der Waals surface area contributed by atoms with Crippen LogP contribution in [0.5, 0.6) is 0 Å². The highest BCUT2D eigenvalue weighted by Gasteiger charge is 2.09. The van der Waals surface area contributed by atoms with Gasteiger partial charge in [-0.25, -0.2) is 4.79 Å². The highest BCUT2D eigenvalue weighted by atomic mass is 16.4. The van der Waals surface area contributed by atoms with Crippen LogP contribution in [0.4, 0.5) is 5.69 Å². The summed E-state index contributed by atoms with van der Waals surface area (Å²) in [7, 11) is 1.82. The number of carbonyl (C=O) groups is 1. The lowest BCUT2D eigenvalue weighted by Gasteiger charge is -2.07. The van der Waals surface area contributed by atoms with Crippen LogP contribution in [-0.2, 0) is 6.42 Å². The standard InChI is InChI=1S/C11H15NO2/c1-3-4-8-7-9(12-2)5-6-10(8)11(13)14/h5-7,12H,3-4H2,1-2H3,(H,13,14). The molecule has 3 heteroatoms. The van der Waals surface area contributed by atoms with Gasteiger partial charge < -0.3 is 10.4 Å². The van der Waals surface area contributed by atoms with Crippen molar-refractivity contribution in [1.82, 2.24) is 0 Å². The van der Waals surface area contributed by atoms with Gasteiger partial charge in [-0.05, 0) is 30.2 Å². The van der Waals surface area contributed by atoms with E-state index in [9.17, 15) is 4.79 Å². The first-order chi connectivity index (χ1) is 6.69. The number of carboxylic acid groups (broad SMARTS) is 1. The summed E-state index contributed by atoms with van der Waals surface area (Å²) in [5.74, 6) is -0.851. The Labute approximate surface area is 83.8 Å². The Morgan fingerprint density at radius 1 is 1.50 bits per heavy atom. The Hall–Kier alpha value is -1.51. The number of carboxylic acids is 1. The molecule has 0 heterocycles. The van der Waals surface area contributed by atoms with Crippen molar-refractivity contribution in [3.63, 3.8) is 0 Å². The Morgan fingerprint density at radius 2 is 2.21 bits per heavy atom. The van der Waals surface area contributed by atoms with Crippen LogP contribution in [0.1, 0.15) is 29.3 Å². The molecule has 1 aromatic rings. The summed E-state index contributed by atoms with van der Waals surface area (Å²) < 4.78 is 0. The second kappa shape index (κ2) is 4.65. The van der Waals surface area contributed by atoms with Crippen LogP contribution in [0.15, 0.2) is 18.2 Å². The van der Waals surface area contributed by atoms with Crippen LogP contribution in [0.25, 0.3) is 0 Å². The molecule has 0 aliphatic heterocycles. The third-order valence-electron chi connectivity index (χ3n) is 2.14. The van der Waals surface area contributed by atoms with Gasteiger partial charge in [-0.15, -0.1) is 0 Å². The molecular formula is C11H15NO2. The SMILES string of the molecule is CCCc1cc(NC)ccc1C(=O)O. The monoisotopic (exact) mass is 193 g/mol. The van der Waals surface area contributed by atoms with Gasteiger partial charge in [-0.3, -0.25) is 0 Å². The van der Waals surface area contributed by atoms with E-state index >= 15 is 0 Å². The van der Waals surface area contributed by atoms with Crippen LogP contribution in [0, 0.1) is 0 Å². The van der Waals surface area contributed by atoms with Gasteiger partial charge >= 0.3 is 5.97 Å². The van der Waals surface area contributed by atoms with Gasteiger partial charge in [0.15, 0.2) is 0 Å². The number of aromatic carboxylic acids is 1. The highest BCUT2D eigenvalue weighted by Crippen LogP contribution is 2.17. The van der Waals surface area contributed by atoms with Gasteiger partial charge in [0.05, 0.1) is 5.56 Å². The van der Waals surface area contributed by atoms with Crippen LogP contribution >= 0.6 is 0 Å². The van der Waals surface area contributed by atoms with E-state index < -0.39 is 5.97 Å². The minimum Gasteiger partial charge on any atom is -0.478 e. The average Bonchev–Trinajstić information content (AvgIpc) is 2.17. The summed E-state index contributed by atoms with van der Waals surface area (Å²) in [6.07, 6.45) is 1.75. The summed E-state index contributed by atoms with van der Waals surface area (Å²) in [5.41, 5.74) is 2.26. The van der Waals surface area contributed by atoms with Crippen LogP contribution in [0.2, 0.25) is 0 Å². The molecule has 14 heavy (non-hydrogen) atoms. The summed E-state index contributed by atoms with van der Waals surface area (Å²) in [6.45, 7) is 2.04. The summed E-state index contributed by atoms with van der Waals surface area (Å²) in [5, 5.41) is 11.9. The van der Waals surface area contributed by atoms with Gasteiger partial charge in [0.1, 0.15) is 0 Å². The molecule has 2 N–H and O–H groups in total. The fourth-order valence-corrected chi connectivity index (χ4v) is 1.43. The first-order valence-electron chi connectivity index (χ1n) is 4.73. The molecule has 1 aromatic carbocycles. The summed E-state index contributed by atoms with van der Waals surface area (Å²) in [6, 6.07) is 5.33. The van der Waals surface area contributed by atoms with E-state index in [-0.39, 0.29) is 0 Å². The number of nitrogens with one attached hydrogen (secondary N) is 1. The fourth-order valence-electron chi connectivity index (χ4n) is 1.43.